The number of hydrogen-bond donors (Lipinski definition) is 2. The molecule has 3 nitrogen and oxygen atoms in total. The highest BCUT2D eigenvalue weighted by molar-refractivity contribution is 7.08. The Morgan fingerprint density at radius 3 is 2.88 bits per heavy atom. The maximum atomic E-state index is 11.8. The van der Waals surface area contributed by atoms with Crippen molar-refractivity contribution in [1.82, 2.24) is 0 Å². The van der Waals surface area contributed by atoms with Crippen molar-refractivity contribution in [3.63, 3.8) is 0 Å². The molecule has 3 N–H and O–H groups in total. The predicted octanol–water partition coefficient (Wildman–Crippen LogP) is 3.24. The molecule has 0 unspecified atom stereocenters. The number of carbonyl (C=O) groups is 1. The number of carbonyl (C=O) groups excluding carboxylic acids is 1. The molecular formula is C11H9ClN2OS. The molecular weight excluding hydrogens is 244 g/mol. The van der Waals surface area contributed by atoms with Gasteiger partial charge in [0.05, 0.1) is 22.0 Å². The van der Waals surface area contributed by atoms with Crippen LogP contribution in [0.15, 0.2) is 35.0 Å². The molecule has 0 saturated heterocycles. The van der Waals surface area contributed by atoms with Crippen molar-refractivity contribution >= 4 is 40.2 Å². The van der Waals surface area contributed by atoms with E-state index in [4.69, 9.17) is 17.3 Å². The molecule has 0 fully saturated rings. The Morgan fingerprint density at radius 1 is 1.38 bits per heavy atom. The molecule has 1 aromatic heterocycles. The molecule has 1 amide bonds. The van der Waals surface area contributed by atoms with Crippen molar-refractivity contribution < 1.29 is 4.79 Å². The Morgan fingerprint density at radius 2 is 2.19 bits per heavy atom. The van der Waals surface area contributed by atoms with Gasteiger partial charge in [0, 0.05) is 5.38 Å². The first kappa shape index (κ1) is 11.0. The average molecular weight is 253 g/mol. The zero-order valence-electron chi connectivity index (χ0n) is 8.24. The van der Waals surface area contributed by atoms with Crippen LogP contribution in [0.4, 0.5) is 11.4 Å². The van der Waals surface area contributed by atoms with Gasteiger partial charge in [0.2, 0.25) is 0 Å². The SMILES string of the molecule is Nc1c(Cl)cccc1C(=O)Nc1ccsc1. The summed E-state index contributed by atoms with van der Waals surface area (Å²) in [5, 5.41) is 6.86. The van der Waals surface area contributed by atoms with Gasteiger partial charge in [-0.2, -0.15) is 11.3 Å². The van der Waals surface area contributed by atoms with Crippen LogP contribution in [0.5, 0.6) is 0 Å². The molecule has 0 bridgehead atoms. The summed E-state index contributed by atoms with van der Waals surface area (Å²) in [6, 6.07) is 6.81. The van der Waals surface area contributed by atoms with Crippen LogP contribution in [0.3, 0.4) is 0 Å². The van der Waals surface area contributed by atoms with Gasteiger partial charge in [-0.3, -0.25) is 4.79 Å². The summed E-state index contributed by atoms with van der Waals surface area (Å²) in [6.45, 7) is 0. The van der Waals surface area contributed by atoms with Gasteiger partial charge < -0.3 is 11.1 Å². The van der Waals surface area contributed by atoms with Crippen LogP contribution in [-0.2, 0) is 0 Å². The summed E-state index contributed by atoms with van der Waals surface area (Å²) < 4.78 is 0. The molecule has 0 radical (unpaired) electrons. The number of benzene rings is 1. The third-order valence-electron chi connectivity index (χ3n) is 2.08. The number of amides is 1. The summed E-state index contributed by atoms with van der Waals surface area (Å²) >= 11 is 7.35. The minimum Gasteiger partial charge on any atom is -0.397 e. The first-order chi connectivity index (χ1) is 7.68. The Balaban J connectivity index is 2.24. The van der Waals surface area contributed by atoms with Gasteiger partial charge in [0.25, 0.3) is 5.91 Å². The van der Waals surface area contributed by atoms with Crippen LogP contribution >= 0.6 is 22.9 Å². The molecule has 2 aromatic rings. The largest absolute Gasteiger partial charge is 0.397 e. The van der Waals surface area contributed by atoms with Crippen molar-refractivity contribution in [1.29, 1.82) is 0 Å². The van der Waals surface area contributed by atoms with E-state index in [1.807, 2.05) is 16.8 Å². The van der Waals surface area contributed by atoms with E-state index in [1.165, 1.54) is 11.3 Å². The number of nitrogen functional groups attached to an aromatic ring is 1. The van der Waals surface area contributed by atoms with E-state index in [1.54, 1.807) is 18.2 Å². The first-order valence-corrected chi connectivity index (χ1v) is 5.88. The smallest absolute Gasteiger partial charge is 0.257 e. The van der Waals surface area contributed by atoms with Crippen molar-refractivity contribution in [3.05, 3.63) is 45.6 Å². The van der Waals surface area contributed by atoms with Gasteiger partial charge >= 0.3 is 0 Å². The second-order valence-corrected chi connectivity index (χ2v) is 4.35. The van der Waals surface area contributed by atoms with Crippen molar-refractivity contribution in [2.75, 3.05) is 11.1 Å². The highest BCUT2D eigenvalue weighted by Crippen LogP contribution is 2.23. The third kappa shape index (κ3) is 2.18. The number of hydrogen-bond acceptors (Lipinski definition) is 3. The van der Waals surface area contributed by atoms with Gasteiger partial charge in [-0.25, -0.2) is 0 Å². The maximum Gasteiger partial charge on any atom is 0.257 e. The van der Waals surface area contributed by atoms with Crippen LogP contribution in [0.2, 0.25) is 5.02 Å². The number of rotatable bonds is 2. The summed E-state index contributed by atoms with van der Waals surface area (Å²) in [6.07, 6.45) is 0. The van der Waals surface area contributed by atoms with Crippen LogP contribution in [-0.4, -0.2) is 5.91 Å². The fourth-order valence-electron chi connectivity index (χ4n) is 1.27. The molecule has 0 aliphatic rings. The lowest BCUT2D eigenvalue weighted by atomic mass is 10.1. The maximum absolute atomic E-state index is 11.8. The van der Waals surface area contributed by atoms with Gasteiger partial charge in [-0.15, -0.1) is 0 Å². The Labute approximate surface area is 102 Å². The van der Waals surface area contributed by atoms with E-state index < -0.39 is 0 Å². The van der Waals surface area contributed by atoms with Gasteiger partial charge in [0.1, 0.15) is 0 Å². The van der Waals surface area contributed by atoms with Crippen LogP contribution in [0.25, 0.3) is 0 Å². The second-order valence-electron chi connectivity index (χ2n) is 3.17. The van der Waals surface area contributed by atoms with Crippen LogP contribution in [0, 0.1) is 0 Å². The molecule has 0 atom stereocenters. The number of anilines is 2. The zero-order valence-corrected chi connectivity index (χ0v) is 9.81. The van der Waals surface area contributed by atoms with Crippen LogP contribution < -0.4 is 11.1 Å². The summed E-state index contributed by atoms with van der Waals surface area (Å²) in [4.78, 5) is 11.8. The lowest BCUT2D eigenvalue weighted by Crippen LogP contribution is -2.13. The first-order valence-electron chi connectivity index (χ1n) is 4.56. The molecule has 1 heterocycles. The van der Waals surface area contributed by atoms with Gasteiger partial charge in [-0.1, -0.05) is 17.7 Å². The summed E-state index contributed by atoms with van der Waals surface area (Å²) in [5.41, 5.74) is 7.17. The molecule has 0 aliphatic heterocycles. The van der Waals surface area contributed by atoms with E-state index >= 15 is 0 Å². The summed E-state index contributed by atoms with van der Waals surface area (Å²) in [7, 11) is 0. The Hall–Kier alpha value is -1.52. The lowest BCUT2D eigenvalue weighted by Gasteiger charge is -2.06. The molecule has 0 saturated carbocycles. The van der Waals surface area contributed by atoms with E-state index in [0.29, 0.717) is 16.3 Å². The Bertz CT molecular complexity index is 511. The quantitative estimate of drug-likeness (QED) is 0.807. The third-order valence-corrected chi connectivity index (χ3v) is 3.09. The van der Waals surface area contributed by atoms with E-state index in [2.05, 4.69) is 5.32 Å². The standard InChI is InChI=1S/C11H9ClN2OS/c12-9-3-1-2-8(10(9)13)11(15)14-7-4-5-16-6-7/h1-6H,13H2,(H,14,15). The molecule has 0 spiro atoms. The molecule has 16 heavy (non-hydrogen) atoms. The molecule has 82 valence electrons. The topological polar surface area (TPSA) is 55.1 Å². The van der Waals surface area contributed by atoms with Gasteiger partial charge in [-0.05, 0) is 23.6 Å². The van der Waals surface area contributed by atoms with E-state index in [-0.39, 0.29) is 5.91 Å². The molecule has 0 aliphatic carbocycles. The number of thiophene rings is 1. The summed E-state index contributed by atoms with van der Waals surface area (Å²) in [5.74, 6) is -0.251. The minimum atomic E-state index is -0.251. The van der Waals surface area contributed by atoms with Crippen molar-refractivity contribution in [3.8, 4) is 0 Å². The van der Waals surface area contributed by atoms with E-state index in [0.717, 1.165) is 5.69 Å². The monoisotopic (exact) mass is 252 g/mol. The average Bonchev–Trinajstić information content (AvgIpc) is 2.74. The van der Waals surface area contributed by atoms with Crippen LogP contribution in [0.1, 0.15) is 10.4 Å². The zero-order chi connectivity index (χ0) is 11.5. The highest BCUT2D eigenvalue weighted by Gasteiger charge is 2.11. The number of halogens is 1. The van der Waals surface area contributed by atoms with E-state index in [9.17, 15) is 4.79 Å². The fourth-order valence-corrected chi connectivity index (χ4v) is 2.03. The fraction of sp³-hybridized carbons (Fsp3) is 0. The van der Waals surface area contributed by atoms with Gasteiger partial charge in [0.15, 0.2) is 0 Å². The number of nitrogens with two attached hydrogens (primary N) is 1. The van der Waals surface area contributed by atoms with Crippen molar-refractivity contribution in [2.24, 2.45) is 0 Å². The molecule has 2 rings (SSSR count). The Kier molecular flexibility index (Phi) is 3.12. The second kappa shape index (κ2) is 4.55. The minimum absolute atomic E-state index is 0.251. The number of para-hydroxylation sites is 1. The molecule has 5 heteroatoms. The predicted molar refractivity (Wildman–Crippen MR) is 68.1 cm³/mol. The highest BCUT2D eigenvalue weighted by atomic mass is 35.5. The normalized spacial score (nSPS) is 10.1. The van der Waals surface area contributed by atoms with Crippen molar-refractivity contribution in [2.45, 2.75) is 0 Å². The number of nitrogens with one attached hydrogen (secondary N) is 1. The molecule has 1 aromatic carbocycles. The lowest BCUT2D eigenvalue weighted by molar-refractivity contribution is 0.102.